The van der Waals surface area contributed by atoms with Crippen LogP contribution in [0.1, 0.15) is 78.0 Å². The van der Waals surface area contributed by atoms with Gasteiger partial charge in [-0.05, 0) is 44.7 Å². The summed E-state index contributed by atoms with van der Waals surface area (Å²) < 4.78 is 10.0. The van der Waals surface area contributed by atoms with Gasteiger partial charge in [0.25, 0.3) is 0 Å². The quantitative estimate of drug-likeness (QED) is 0.250. The second-order valence-electron chi connectivity index (χ2n) is 10.0. The zero-order valence-corrected chi connectivity index (χ0v) is 23.1. The van der Waals surface area contributed by atoms with Gasteiger partial charge in [0, 0.05) is 12.1 Å². The van der Waals surface area contributed by atoms with Crippen LogP contribution in [0.4, 0.5) is 4.79 Å². The van der Waals surface area contributed by atoms with Gasteiger partial charge in [0.1, 0.15) is 24.2 Å². The van der Waals surface area contributed by atoms with Crippen molar-refractivity contribution in [3.05, 3.63) is 35.4 Å². The average Bonchev–Trinajstić information content (AvgIpc) is 2.83. The Morgan fingerprint density at radius 3 is 2.30 bits per heavy atom. The van der Waals surface area contributed by atoms with Crippen molar-refractivity contribution >= 4 is 23.9 Å². The molecule has 0 fully saturated rings. The number of unbranched alkanes of at least 4 members (excludes halogenated alkanes) is 2. The van der Waals surface area contributed by atoms with Crippen LogP contribution in [0.2, 0.25) is 0 Å². The van der Waals surface area contributed by atoms with Crippen LogP contribution in [0, 0.1) is 18.3 Å². The van der Waals surface area contributed by atoms with E-state index < -0.39 is 41.6 Å². The smallest absolute Gasteiger partial charge is 0.408 e. The molecule has 0 radical (unpaired) electrons. The molecule has 1 aromatic rings. The maximum atomic E-state index is 14.0. The minimum atomic E-state index is -1.14. The van der Waals surface area contributed by atoms with Crippen LogP contribution in [0.25, 0.3) is 0 Å². The number of esters is 1. The maximum absolute atomic E-state index is 14.0. The molecular weight excluding hydrogens is 474 g/mol. The molecule has 37 heavy (non-hydrogen) atoms. The summed E-state index contributed by atoms with van der Waals surface area (Å²) in [6.07, 6.45) is 7.34. The third kappa shape index (κ3) is 10.2. The van der Waals surface area contributed by atoms with Crippen molar-refractivity contribution in [2.24, 2.45) is 5.92 Å². The highest BCUT2D eigenvalue weighted by atomic mass is 16.6. The molecule has 2 atom stereocenters. The van der Waals surface area contributed by atoms with E-state index in [0.717, 1.165) is 12.8 Å². The van der Waals surface area contributed by atoms with E-state index in [0.29, 0.717) is 17.5 Å². The van der Waals surface area contributed by atoms with E-state index in [1.54, 1.807) is 58.9 Å². The molecule has 204 valence electrons. The third-order valence-electron chi connectivity index (χ3n) is 5.50. The summed E-state index contributed by atoms with van der Waals surface area (Å²) in [5.41, 5.74) is 0.129. The van der Waals surface area contributed by atoms with Gasteiger partial charge >= 0.3 is 12.1 Å². The highest BCUT2D eigenvalue weighted by Gasteiger charge is 2.38. The summed E-state index contributed by atoms with van der Waals surface area (Å²) in [5.74, 6) is 0.595. The molecule has 0 saturated heterocycles. The lowest BCUT2D eigenvalue weighted by atomic mass is 9.95. The molecule has 9 heteroatoms. The number of nitrogens with one attached hydrogen (secondary N) is 2. The van der Waals surface area contributed by atoms with Crippen molar-refractivity contribution < 1.29 is 28.7 Å². The molecule has 0 heterocycles. The first-order chi connectivity index (χ1) is 17.4. The van der Waals surface area contributed by atoms with Gasteiger partial charge in [-0.1, -0.05) is 57.7 Å². The molecule has 0 spiro atoms. The fourth-order valence-corrected chi connectivity index (χ4v) is 3.67. The minimum absolute atomic E-state index is 0.237. The standard InChI is InChI=1S/C28H41N3O6/c1-9-11-14-17-31(26(34)23(19(3)4)30-27(35)37-28(5,6)7)24(25(33)29-18-22(32)36-8)21-16-13-12-15-20(21)10-2/h2,12-13,15-16,19,23-24H,9,11,14,17-18H2,1,3-8H3,(H,29,33)(H,30,35). The number of terminal acetylenes is 1. The number of methoxy groups -OCH3 is 1. The van der Waals surface area contributed by atoms with Crippen molar-refractivity contribution in [3.63, 3.8) is 0 Å². The summed E-state index contributed by atoms with van der Waals surface area (Å²) in [6, 6.07) is 4.73. The predicted octanol–water partition coefficient (Wildman–Crippen LogP) is 3.57. The summed E-state index contributed by atoms with van der Waals surface area (Å²) in [5, 5.41) is 5.24. The predicted molar refractivity (Wildman–Crippen MR) is 141 cm³/mol. The van der Waals surface area contributed by atoms with Gasteiger partial charge in [0.05, 0.1) is 7.11 Å². The molecule has 0 bridgehead atoms. The fraction of sp³-hybridized carbons (Fsp3) is 0.571. The van der Waals surface area contributed by atoms with E-state index in [1.165, 1.54) is 12.0 Å². The lowest BCUT2D eigenvalue weighted by Crippen LogP contribution is -2.55. The van der Waals surface area contributed by atoms with Crippen molar-refractivity contribution in [1.82, 2.24) is 15.5 Å². The van der Waals surface area contributed by atoms with E-state index >= 15 is 0 Å². The molecule has 1 rings (SSSR count). The number of nitrogens with zero attached hydrogens (tertiary/aromatic N) is 1. The highest BCUT2D eigenvalue weighted by molar-refractivity contribution is 5.93. The van der Waals surface area contributed by atoms with Crippen LogP contribution in [-0.2, 0) is 23.9 Å². The van der Waals surface area contributed by atoms with Crippen molar-refractivity contribution in [1.29, 1.82) is 0 Å². The van der Waals surface area contributed by atoms with E-state index in [9.17, 15) is 19.2 Å². The SMILES string of the molecule is C#Cc1ccccc1C(C(=O)NCC(=O)OC)N(CCCCC)C(=O)C(NC(=O)OC(C)(C)C)C(C)C. The zero-order chi connectivity index (χ0) is 28.2. The van der Waals surface area contributed by atoms with E-state index in [-0.39, 0.29) is 19.0 Å². The molecule has 0 aliphatic carbocycles. The molecule has 2 unspecified atom stereocenters. The number of amides is 3. The largest absolute Gasteiger partial charge is 0.468 e. The van der Waals surface area contributed by atoms with Crippen LogP contribution in [-0.4, -0.2) is 60.6 Å². The Bertz CT molecular complexity index is 977. The van der Waals surface area contributed by atoms with Crippen LogP contribution < -0.4 is 10.6 Å². The first-order valence-electron chi connectivity index (χ1n) is 12.6. The van der Waals surface area contributed by atoms with Gasteiger partial charge in [-0.2, -0.15) is 0 Å². The van der Waals surface area contributed by atoms with Crippen molar-refractivity contribution in [2.75, 3.05) is 20.2 Å². The second kappa shape index (κ2) is 14.9. The van der Waals surface area contributed by atoms with Crippen molar-refractivity contribution in [3.8, 4) is 12.3 Å². The lowest BCUT2D eigenvalue weighted by molar-refractivity contribution is -0.145. The van der Waals surface area contributed by atoms with Gasteiger partial charge in [0.15, 0.2) is 0 Å². The molecule has 3 amide bonds. The van der Waals surface area contributed by atoms with Crippen molar-refractivity contribution in [2.45, 2.75) is 78.5 Å². The van der Waals surface area contributed by atoms with Gasteiger partial charge in [-0.25, -0.2) is 4.79 Å². The maximum Gasteiger partial charge on any atom is 0.408 e. The number of carbonyl (C=O) groups is 4. The van der Waals surface area contributed by atoms with E-state index in [2.05, 4.69) is 21.3 Å². The Balaban J connectivity index is 3.55. The Morgan fingerprint density at radius 2 is 1.76 bits per heavy atom. The number of benzene rings is 1. The summed E-state index contributed by atoms with van der Waals surface area (Å²) in [7, 11) is 1.22. The first kappa shape index (κ1) is 31.5. The highest BCUT2D eigenvalue weighted by Crippen LogP contribution is 2.27. The molecular formula is C28H41N3O6. The van der Waals surface area contributed by atoms with Gasteiger partial charge in [0.2, 0.25) is 11.8 Å². The third-order valence-corrected chi connectivity index (χ3v) is 5.50. The minimum Gasteiger partial charge on any atom is -0.468 e. The number of carbonyl (C=O) groups excluding carboxylic acids is 4. The molecule has 0 aliphatic heterocycles. The van der Waals surface area contributed by atoms with E-state index in [4.69, 9.17) is 11.2 Å². The van der Waals surface area contributed by atoms with Crippen LogP contribution in [0.5, 0.6) is 0 Å². The Labute approximate surface area is 220 Å². The zero-order valence-electron chi connectivity index (χ0n) is 23.1. The number of alkyl carbamates (subject to hydrolysis) is 1. The summed E-state index contributed by atoms with van der Waals surface area (Å²) in [6.45, 7) is 10.7. The molecule has 9 nitrogen and oxygen atoms in total. The fourth-order valence-electron chi connectivity index (χ4n) is 3.67. The second-order valence-corrected chi connectivity index (χ2v) is 10.0. The van der Waals surface area contributed by atoms with E-state index in [1.807, 2.05) is 6.92 Å². The Morgan fingerprint density at radius 1 is 1.11 bits per heavy atom. The lowest BCUT2D eigenvalue weighted by Gasteiger charge is -2.36. The number of hydrogen-bond acceptors (Lipinski definition) is 6. The van der Waals surface area contributed by atoms with Gasteiger partial charge in [-0.15, -0.1) is 6.42 Å². The average molecular weight is 516 g/mol. The molecule has 1 aromatic carbocycles. The first-order valence-corrected chi connectivity index (χ1v) is 12.6. The molecule has 2 N–H and O–H groups in total. The Kier molecular flexibility index (Phi) is 12.7. The van der Waals surface area contributed by atoms with Gasteiger partial charge in [-0.3, -0.25) is 14.4 Å². The van der Waals surface area contributed by atoms with Gasteiger partial charge < -0.3 is 25.0 Å². The Hall–Kier alpha value is -3.54. The number of rotatable bonds is 12. The number of ether oxygens (including phenoxy) is 2. The topological polar surface area (TPSA) is 114 Å². The molecule has 0 aliphatic rings. The van der Waals surface area contributed by atoms with Crippen LogP contribution >= 0.6 is 0 Å². The number of hydrogen-bond donors (Lipinski definition) is 2. The summed E-state index contributed by atoms with van der Waals surface area (Å²) in [4.78, 5) is 53.3. The monoisotopic (exact) mass is 515 g/mol. The van der Waals surface area contributed by atoms with Crippen LogP contribution in [0.15, 0.2) is 24.3 Å². The van der Waals surface area contributed by atoms with Crippen LogP contribution in [0.3, 0.4) is 0 Å². The normalized spacial score (nSPS) is 12.6. The summed E-state index contributed by atoms with van der Waals surface area (Å²) >= 11 is 0. The molecule has 0 saturated carbocycles. The molecule has 0 aromatic heterocycles.